The topological polar surface area (TPSA) is 106 Å². The van der Waals surface area contributed by atoms with E-state index in [1.54, 1.807) is 26.3 Å². The Morgan fingerprint density at radius 1 is 1.08 bits per heavy atom. The highest BCUT2D eigenvalue weighted by atomic mass is 32.2. The number of methoxy groups -OCH3 is 1. The van der Waals surface area contributed by atoms with Gasteiger partial charge in [0, 0.05) is 25.7 Å². The van der Waals surface area contributed by atoms with Crippen molar-refractivity contribution in [2.45, 2.75) is 18.0 Å². The number of nitrogens with zero attached hydrogens (tertiary/aromatic N) is 1. The van der Waals surface area contributed by atoms with E-state index in [4.69, 9.17) is 9.88 Å². The summed E-state index contributed by atoms with van der Waals surface area (Å²) >= 11 is 0. The maximum Gasteiger partial charge on any atom is 0.238 e. The van der Waals surface area contributed by atoms with Crippen molar-refractivity contribution in [3.63, 3.8) is 0 Å². The number of benzene rings is 2. The number of hydrogen-bond acceptors (Lipinski definition) is 4. The van der Waals surface area contributed by atoms with Crippen molar-refractivity contribution in [2.24, 2.45) is 10.1 Å². The Morgan fingerprint density at radius 2 is 1.72 bits per heavy atom. The van der Waals surface area contributed by atoms with Gasteiger partial charge in [-0.1, -0.05) is 30.3 Å². The predicted molar refractivity (Wildman–Crippen MR) is 97.8 cm³/mol. The monoisotopic (exact) mass is 362 g/mol. The second-order valence-electron chi connectivity index (χ2n) is 5.28. The zero-order chi connectivity index (χ0) is 18.3. The van der Waals surface area contributed by atoms with Gasteiger partial charge in [-0.25, -0.2) is 13.6 Å². The number of primary sulfonamides is 1. The van der Waals surface area contributed by atoms with Crippen LogP contribution in [0.25, 0.3) is 0 Å². The van der Waals surface area contributed by atoms with Gasteiger partial charge in [-0.3, -0.25) is 4.99 Å². The molecule has 0 aliphatic rings. The summed E-state index contributed by atoms with van der Waals surface area (Å²) in [7, 11) is -0.352. The zero-order valence-corrected chi connectivity index (χ0v) is 15.0. The molecular formula is C17H22N4O3S. The van der Waals surface area contributed by atoms with Gasteiger partial charge in [-0.05, 0) is 23.8 Å². The van der Waals surface area contributed by atoms with Crippen LogP contribution in [0.2, 0.25) is 0 Å². The first-order chi connectivity index (χ1) is 11.9. The van der Waals surface area contributed by atoms with E-state index in [0.29, 0.717) is 19.0 Å². The van der Waals surface area contributed by atoms with Crippen molar-refractivity contribution < 1.29 is 13.2 Å². The number of hydrogen-bond donors (Lipinski definition) is 3. The highest BCUT2D eigenvalue weighted by Crippen LogP contribution is 2.16. The highest BCUT2D eigenvalue weighted by Gasteiger charge is 2.07. The predicted octanol–water partition coefficient (Wildman–Crippen LogP) is 1.21. The molecule has 0 aliphatic heterocycles. The Kier molecular flexibility index (Phi) is 6.37. The van der Waals surface area contributed by atoms with Crippen LogP contribution in [0.4, 0.5) is 0 Å². The molecular weight excluding hydrogens is 340 g/mol. The lowest BCUT2D eigenvalue weighted by Gasteiger charge is -2.14. The van der Waals surface area contributed by atoms with E-state index in [1.807, 2.05) is 24.3 Å². The van der Waals surface area contributed by atoms with Gasteiger partial charge in [0.15, 0.2) is 5.96 Å². The minimum absolute atomic E-state index is 0.0925. The molecule has 0 amide bonds. The molecule has 4 N–H and O–H groups in total. The normalized spacial score (nSPS) is 11.9. The first kappa shape index (κ1) is 18.8. The van der Waals surface area contributed by atoms with Gasteiger partial charge >= 0.3 is 0 Å². The first-order valence-electron chi connectivity index (χ1n) is 7.62. The molecule has 0 spiro atoms. The van der Waals surface area contributed by atoms with Crippen molar-refractivity contribution in [3.8, 4) is 5.75 Å². The number of nitrogens with two attached hydrogens (primary N) is 1. The fourth-order valence-electron chi connectivity index (χ4n) is 2.23. The van der Waals surface area contributed by atoms with Gasteiger partial charge in [0.1, 0.15) is 5.75 Å². The van der Waals surface area contributed by atoms with E-state index in [-0.39, 0.29) is 4.90 Å². The molecule has 0 saturated carbocycles. The number of rotatable bonds is 6. The zero-order valence-electron chi connectivity index (χ0n) is 14.2. The van der Waals surface area contributed by atoms with Gasteiger partial charge < -0.3 is 15.4 Å². The van der Waals surface area contributed by atoms with Gasteiger partial charge in [0.25, 0.3) is 0 Å². The second-order valence-corrected chi connectivity index (χ2v) is 6.84. The van der Waals surface area contributed by atoms with Crippen LogP contribution in [0.5, 0.6) is 5.75 Å². The van der Waals surface area contributed by atoms with Crippen LogP contribution < -0.4 is 20.5 Å². The number of aliphatic imine (C=N–C) groups is 1. The summed E-state index contributed by atoms with van der Waals surface area (Å²) in [5, 5.41) is 11.5. The Hall–Kier alpha value is -2.58. The summed E-state index contributed by atoms with van der Waals surface area (Å²) in [6.07, 6.45) is 0. The third-order valence-electron chi connectivity index (χ3n) is 3.57. The number of sulfonamides is 1. The molecule has 0 heterocycles. The molecule has 0 radical (unpaired) electrons. The van der Waals surface area contributed by atoms with E-state index >= 15 is 0 Å². The summed E-state index contributed by atoms with van der Waals surface area (Å²) < 4.78 is 27.8. The van der Waals surface area contributed by atoms with Crippen LogP contribution in [0.15, 0.2) is 58.4 Å². The maximum atomic E-state index is 11.3. The quantitative estimate of drug-likeness (QED) is 0.529. The first-order valence-corrected chi connectivity index (χ1v) is 9.17. The fraction of sp³-hybridized carbons (Fsp3) is 0.235. The van der Waals surface area contributed by atoms with Gasteiger partial charge in [-0.15, -0.1) is 0 Å². The van der Waals surface area contributed by atoms with Crippen LogP contribution in [-0.4, -0.2) is 28.5 Å². The average Bonchev–Trinajstić information content (AvgIpc) is 2.61. The largest absolute Gasteiger partial charge is 0.496 e. The molecule has 0 atom stereocenters. The van der Waals surface area contributed by atoms with E-state index in [0.717, 1.165) is 16.9 Å². The van der Waals surface area contributed by atoms with Crippen LogP contribution in [0.1, 0.15) is 11.1 Å². The molecule has 0 unspecified atom stereocenters. The Morgan fingerprint density at radius 3 is 2.32 bits per heavy atom. The van der Waals surface area contributed by atoms with Crippen LogP contribution in [0.3, 0.4) is 0 Å². The number of para-hydroxylation sites is 1. The average molecular weight is 362 g/mol. The smallest absolute Gasteiger partial charge is 0.238 e. The summed E-state index contributed by atoms with van der Waals surface area (Å²) in [5.74, 6) is 1.44. The molecule has 2 aromatic carbocycles. The van der Waals surface area contributed by atoms with Gasteiger partial charge in [-0.2, -0.15) is 0 Å². The van der Waals surface area contributed by atoms with Crippen LogP contribution in [-0.2, 0) is 23.1 Å². The lowest BCUT2D eigenvalue weighted by molar-refractivity contribution is 0.409. The molecule has 0 aromatic heterocycles. The molecule has 0 aliphatic carbocycles. The summed E-state index contributed by atoms with van der Waals surface area (Å²) in [5.41, 5.74) is 1.93. The summed E-state index contributed by atoms with van der Waals surface area (Å²) in [4.78, 5) is 4.26. The third-order valence-corrected chi connectivity index (χ3v) is 4.50. The minimum atomic E-state index is -3.67. The second kappa shape index (κ2) is 8.50. The molecule has 7 nitrogen and oxygen atoms in total. The number of guanidine groups is 1. The maximum absolute atomic E-state index is 11.3. The third kappa shape index (κ3) is 5.47. The Bertz CT molecular complexity index is 833. The minimum Gasteiger partial charge on any atom is -0.496 e. The lowest BCUT2D eigenvalue weighted by Crippen LogP contribution is -2.36. The van der Waals surface area contributed by atoms with E-state index < -0.39 is 10.0 Å². The molecule has 8 heteroatoms. The van der Waals surface area contributed by atoms with Crippen molar-refractivity contribution >= 4 is 16.0 Å². The lowest BCUT2D eigenvalue weighted by atomic mass is 10.2. The number of ether oxygens (including phenoxy) is 1. The Labute approximate surface area is 148 Å². The molecule has 0 bridgehead atoms. The van der Waals surface area contributed by atoms with E-state index in [1.165, 1.54) is 12.1 Å². The van der Waals surface area contributed by atoms with Crippen LogP contribution >= 0.6 is 0 Å². The van der Waals surface area contributed by atoms with E-state index in [9.17, 15) is 8.42 Å². The molecule has 0 fully saturated rings. The summed E-state index contributed by atoms with van der Waals surface area (Å²) in [6.45, 7) is 1.06. The van der Waals surface area contributed by atoms with Gasteiger partial charge in [0.2, 0.25) is 10.0 Å². The van der Waals surface area contributed by atoms with Gasteiger partial charge in [0.05, 0.1) is 12.0 Å². The van der Waals surface area contributed by atoms with E-state index in [2.05, 4.69) is 15.6 Å². The standard InChI is InChI=1S/C17H22N4O3S/c1-19-17(21-12-14-5-3-4-6-16(14)24-2)20-11-13-7-9-15(10-8-13)25(18,22)23/h3-10H,11-12H2,1-2H3,(H2,18,22,23)(H2,19,20,21). The van der Waals surface area contributed by atoms with Crippen molar-refractivity contribution in [2.75, 3.05) is 14.2 Å². The Balaban J connectivity index is 1.92. The SMILES string of the molecule is CN=C(NCc1ccc(S(N)(=O)=O)cc1)NCc1ccccc1OC. The van der Waals surface area contributed by atoms with Crippen molar-refractivity contribution in [1.82, 2.24) is 10.6 Å². The molecule has 2 rings (SSSR count). The fourth-order valence-corrected chi connectivity index (χ4v) is 2.75. The molecule has 134 valence electrons. The van der Waals surface area contributed by atoms with Crippen LogP contribution in [0, 0.1) is 0 Å². The van der Waals surface area contributed by atoms with Crippen molar-refractivity contribution in [3.05, 3.63) is 59.7 Å². The highest BCUT2D eigenvalue weighted by molar-refractivity contribution is 7.89. The molecule has 25 heavy (non-hydrogen) atoms. The molecule has 0 saturated heterocycles. The summed E-state index contributed by atoms with van der Waals surface area (Å²) in [6, 6.07) is 14.1. The van der Waals surface area contributed by atoms with Crippen molar-refractivity contribution in [1.29, 1.82) is 0 Å². The number of nitrogens with one attached hydrogen (secondary N) is 2. The molecule has 2 aromatic rings.